The van der Waals surface area contributed by atoms with Crippen LogP contribution < -0.4 is 5.73 Å². The van der Waals surface area contributed by atoms with Gasteiger partial charge in [-0.1, -0.05) is 6.42 Å². The maximum Gasteiger partial charge on any atom is 0.180 e. The van der Waals surface area contributed by atoms with E-state index < -0.39 is 0 Å². The number of nitrogen functional groups attached to an aromatic ring is 1. The minimum absolute atomic E-state index is 0.734. The Morgan fingerprint density at radius 2 is 2.31 bits per heavy atom. The van der Waals surface area contributed by atoms with E-state index in [4.69, 9.17) is 5.73 Å². The van der Waals surface area contributed by atoms with Crippen LogP contribution in [0.5, 0.6) is 0 Å². The molecular formula is C10H14N2S. The van der Waals surface area contributed by atoms with Crippen LogP contribution in [0.2, 0.25) is 0 Å². The molecular weight excluding hydrogens is 180 g/mol. The summed E-state index contributed by atoms with van der Waals surface area (Å²) in [7, 11) is 0. The van der Waals surface area contributed by atoms with Crippen molar-refractivity contribution in [3.8, 4) is 0 Å². The predicted octanol–water partition coefficient (Wildman–Crippen LogP) is 2.63. The summed E-state index contributed by atoms with van der Waals surface area (Å²) in [6, 6.07) is 0. The number of hydrogen-bond donors (Lipinski definition) is 1. The fraction of sp³-hybridized carbons (Fsp3) is 0.700. The lowest BCUT2D eigenvalue weighted by Crippen LogP contribution is -2.08. The summed E-state index contributed by atoms with van der Waals surface area (Å²) in [5.74, 6) is 2.66. The van der Waals surface area contributed by atoms with Gasteiger partial charge in [0, 0.05) is 11.3 Å². The maximum atomic E-state index is 5.65. The van der Waals surface area contributed by atoms with E-state index in [0.29, 0.717) is 0 Å². The summed E-state index contributed by atoms with van der Waals surface area (Å²) in [6.45, 7) is 0. The van der Waals surface area contributed by atoms with E-state index in [-0.39, 0.29) is 0 Å². The van der Waals surface area contributed by atoms with Crippen molar-refractivity contribution in [3.63, 3.8) is 0 Å². The molecule has 0 aliphatic heterocycles. The van der Waals surface area contributed by atoms with Gasteiger partial charge >= 0.3 is 0 Å². The molecule has 2 saturated carbocycles. The Balaban J connectivity index is 1.87. The van der Waals surface area contributed by atoms with Crippen LogP contribution >= 0.6 is 11.3 Å². The molecule has 70 valence electrons. The smallest absolute Gasteiger partial charge is 0.180 e. The Morgan fingerprint density at radius 1 is 1.38 bits per heavy atom. The van der Waals surface area contributed by atoms with Crippen molar-refractivity contribution >= 4 is 16.5 Å². The van der Waals surface area contributed by atoms with Crippen LogP contribution in [-0.4, -0.2) is 4.98 Å². The van der Waals surface area contributed by atoms with Gasteiger partial charge in [0.1, 0.15) is 0 Å². The molecule has 0 aromatic carbocycles. The van der Waals surface area contributed by atoms with Crippen molar-refractivity contribution in [1.29, 1.82) is 0 Å². The van der Waals surface area contributed by atoms with Crippen molar-refractivity contribution in [1.82, 2.24) is 4.98 Å². The second kappa shape index (κ2) is 2.71. The van der Waals surface area contributed by atoms with Gasteiger partial charge in [0.2, 0.25) is 0 Å². The number of nitrogens with zero attached hydrogens (tertiary/aromatic N) is 1. The first kappa shape index (κ1) is 7.80. The second-order valence-corrected chi connectivity index (χ2v) is 5.28. The summed E-state index contributed by atoms with van der Waals surface area (Å²) in [6.07, 6.45) is 5.70. The summed E-state index contributed by atoms with van der Waals surface area (Å²) < 4.78 is 0. The van der Waals surface area contributed by atoms with Gasteiger partial charge in [-0.25, -0.2) is 4.98 Å². The number of thiazole rings is 1. The quantitative estimate of drug-likeness (QED) is 0.746. The zero-order valence-electron chi connectivity index (χ0n) is 7.57. The topological polar surface area (TPSA) is 38.9 Å². The first-order valence-corrected chi connectivity index (χ1v) is 5.92. The van der Waals surface area contributed by atoms with Crippen molar-refractivity contribution < 1.29 is 0 Å². The zero-order chi connectivity index (χ0) is 8.84. The first-order chi connectivity index (χ1) is 6.33. The molecule has 2 bridgehead atoms. The highest BCUT2D eigenvalue weighted by Gasteiger charge is 2.40. The van der Waals surface area contributed by atoms with Crippen LogP contribution in [0.3, 0.4) is 0 Å². The highest BCUT2D eigenvalue weighted by atomic mass is 32.1. The van der Waals surface area contributed by atoms with E-state index in [1.54, 1.807) is 11.3 Å². The highest BCUT2D eigenvalue weighted by molar-refractivity contribution is 7.13. The second-order valence-electron chi connectivity index (χ2n) is 4.39. The van der Waals surface area contributed by atoms with Gasteiger partial charge in [0.25, 0.3) is 0 Å². The Labute approximate surface area is 82.2 Å². The molecule has 2 N–H and O–H groups in total. The number of fused-ring (bicyclic) bond motifs is 2. The SMILES string of the molecule is Nc1nc([C@@H]2C[C@H]3CC[C@H]2C3)cs1. The molecule has 0 unspecified atom stereocenters. The molecule has 13 heavy (non-hydrogen) atoms. The molecule has 3 heteroatoms. The summed E-state index contributed by atoms with van der Waals surface area (Å²) in [4.78, 5) is 4.41. The lowest BCUT2D eigenvalue weighted by atomic mass is 9.87. The van der Waals surface area contributed by atoms with Crippen molar-refractivity contribution in [2.24, 2.45) is 11.8 Å². The summed E-state index contributed by atoms with van der Waals surface area (Å²) >= 11 is 1.59. The summed E-state index contributed by atoms with van der Waals surface area (Å²) in [5, 5.41) is 2.89. The van der Waals surface area contributed by atoms with Crippen LogP contribution in [0.15, 0.2) is 5.38 Å². The van der Waals surface area contributed by atoms with Gasteiger partial charge < -0.3 is 5.73 Å². The molecule has 2 aliphatic carbocycles. The van der Waals surface area contributed by atoms with Gasteiger partial charge in [0.15, 0.2) is 5.13 Å². The fourth-order valence-electron chi connectivity index (χ4n) is 3.08. The standard InChI is InChI=1S/C10H14N2S/c11-10-12-9(5-13-10)8-4-6-1-2-7(8)3-6/h5-8H,1-4H2,(H2,11,12)/t6-,7-,8+/m0/s1. The molecule has 0 spiro atoms. The molecule has 1 aromatic heterocycles. The van der Waals surface area contributed by atoms with Gasteiger partial charge in [-0.05, 0) is 31.1 Å². The van der Waals surface area contributed by atoms with E-state index in [9.17, 15) is 0 Å². The fourth-order valence-corrected chi connectivity index (χ4v) is 3.71. The van der Waals surface area contributed by atoms with Crippen LogP contribution in [0, 0.1) is 11.8 Å². The Kier molecular flexibility index (Phi) is 1.62. The van der Waals surface area contributed by atoms with E-state index in [1.165, 1.54) is 31.4 Å². The van der Waals surface area contributed by atoms with Crippen molar-refractivity contribution in [2.75, 3.05) is 5.73 Å². The average Bonchev–Trinajstić information content (AvgIpc) is 2.77. The third kappa shape index (κ3) is 1.17. The Hall–Kier alpha value is -0.570. The monoisotopic (exact) mass is 194 g/mol. The average molecular weight is 194 g/mol. The van der Waals surface area contributed by atoms with Crippen molar-refractivity contribution in [2.45, 2.75) is 31.6 Å². The number of nitrogens with two attached hydrogens (primary N) is 1. The lowest BCUT2D eigenvalue weighted by Gasteiger charge is -2.19. The third-order valence-corrected chi connectivity index (χ3v) is 4.35. The molecule has 2 nitrogen and oxygen atoms in total. The lowest BCUT2D eigenvalue weighted by molar-refractivity contribution is 0.414. The van der Waals surface area contributed by atoms with Gasteiger partial charge in [-0.3, -0.25) is 0 Å². The van der Waals surface area contributed by atoms with Crippen LogP contribution in [-0.2, 0) is 0 Å². The number of hydrogen-bond acceptors (Lipinski definition) is 3. The normalized spacial score (nSPS) is 37.1. The number of aromatic nitrogens is 1. The van der Waals surface area contributed by atoms with Gasteiger partial charge in [0.05, 0.1) is 5.69 Å². The molecule has 0 radical (unpaired) electrons. The van der Waals surface area contributed by atoms with E-state index in [0.717, 1.165) is 22.9 Å². The van der Waals surface area contributed by atoms with Crippen LogP contribution in [0.1, 0.15) is 37.3 Å². The van der Waals surface area contributed by atoms with Crippen molar-refractivity contribution in [3.05, 3.63) is 11.1 Å². The van der Waals surface area contributed by atoms with Crippen LogP contribution in [0.25, 0.3) is 0 Å². The molecule has 0 amide bonds. The largest absolute Gasteiger partial charge is 0.375 e. The molecule has 2 aliphatic rings. The molecule has 1 heterocycles. The molecule has 2 fully saturated rings. The molecule has 0 saturated heterocycles. The number of anilines is 1. The zero-order valence-corrected chi connectivity index (χ0v) is 8.39. The number of rotatable bonds is 1. The first-order valence-electron chi connectivity index (χ1n) is 5.04. The maximum absolute atomic E-state index is 5.65. The molecule has 1 aromatic rings. The van der Waals surface area contributed by atoms with Gasteiger partial charge in [-0.15, -0.1) is 11.3 Å². The van der Waals surface area contributed by atoms with Gasteiger partial charge in [-0.2, -0.15) is 0 Å². The molecule has 3 rings (SSSR count). The Morgan fingerprint density at radius 3 is 2.85 bits per heavy atom. The van der Waals surface area contributed by atoms with Crippen LogP contribution in [0.4, 0.5) is 5.13 Å². The van der Waals surface area contributed by atoms with E-state index >= 15 is 0 Å². The predicted molar refractivity (Wildman–Crippen MR) is 54.7 cm³/mol. The Bertz CT molecular complexity index is 320. The summed E-state index contributed by atoms with van der Waals surface area (Å²) in [5.41, 5.74) is 6.92. The van der Waals surface area contributed by atoms with E-state index in [1.807, 2.05) is 0 Å². The van der Waals surface area contributed by atoms with E-state index in [2.05, 4.69) is 10.4 Å². The minimum atomic E-state index is 0.734. The highest BCUT2D eigenvalue weighted by Crippen LogP contribution is 2.52. The minimum Gasteiger partial charge on any atom is -0.375 e. The molecule has 3 atom stereocenters. The third-order valence-electron chi connectivity index (χ3n) is 3.66.